The van der Waals surface area contributed by atoms with E-state index in [9.17, 15) is 18.0 Å². The maximum absolute atomic E-state index is 13.2. The van der Waals surface area contributed by atoms with Gasteiger partial charge in [0.05, 0.1) is 16.1 Å². The number of esters is 1. The zero-order valence-electron chi connectivity index (χ0n) is 19.8. The standard InChI is InChI=1S/C25H28N2O6S/c1-16-7-9-20-18(13-23(28)33-24(20)17(16)2)15-32-25(29)21-14-19(34(30,31)26(3)4)8-10-22(21)27-11-5-6-12-27/h7-10,13-14H,5-6,11-12,15H2,1-4H3. The van der Waals surface area contributed by atoms with E-state index in [-0.39, 0.29) is 17.1 Å². The van der Waals surface area contributed by atoms with Crippen LogP contribution in [0.4, 0.5) is 5.69 Å². The van der Waals surface area contributed by atoms with Gasteiger partial charge in [0.1, 0.15) is 12.2 Å². The molecule has 34 heavy (non-hydrogen) atoms. The van der Waals surface area contributed by atoms with E-state index in [0.29, 0.717) is 22.2 Å². The minimum atomic E-state index is -3.73. The Hall–Kier alpha value is -3.17. The zero-order chi connectivity index (χ0) is 24.6. The van der Waals surface area contributed by atoms with E-state index in [1.54, 1.807) is 6.07 Å². The van der Waals surface area contributed by atoms with Crippen molar-refractivity contribution in [1.29, 1.82) is 0 Å². The van der Waals surface area contributed by atoms with Crippen molar-refractivity contribution in [3.63, 3.8) is 0 Å². The zero-order valence-corrected chi connectivity index (χ0v) is 20.6. The second-order valence-electron chi connectivity index (χ2n) is 8.71. The van der Waals surface area contributed by atoms with Gasteiger partial charge >= 0.3 is 11.6 Å². The molecule has 1 aliphatic rings. The Labute approximate surface area is 198 Å². The van der Waals surface area contributed by atoms with Crippen molar-refractivity contribution in [3.05, 3.63) is 69.1 Å². The predicted octanol–water partition coefficient (Wildman–Crippen LogP) is 3.62. The van der Waals surface area contributed by atoms with Gasteiger partial charge in [-0.25, -0.2) is 22.3 Å². The van der Waals surface area contributed by atoms with E-state index < -0.39 is 21.6 Å². The molecule has 1 fully saturated rings. The van der Waals surface area contributed by atoms with E-state index >= 15 is 0 Å². The molecule has 2 aromatic carbocycles. The highest BCUT2D eigenvalue weighted by molar-refractivity contribution is 7.89. The van der Waals surface area contributed by atoms with Crippen molar-refractivity contribution in [2.75, 3.05) is 32.1 Å². The minimum absolute atomic E-state index is 0.0179. The molecule has 0 amide bonds. The van der Waals surface area contributed by atoms with E-state index in [2.05, 4.69) is 4.90 Å². The van der Waals surface area contributed by atoms with E-state index in [0.717, 1.165) is 41.4 Å². The summed E-state index contributed by atoms with van der Waals surface area (Å²) in [6, 6.07) is 9.63. The SMILES string of the molecule is Cc1ccc2c(COC(=O)c3cc(S(=O)(=O)N(C)C)ccc3N3CCCC3)cc(=O)oc2c1C. The van der Waals surface area contributed by atoms with Crippen LogP contribution in [0.25, 0.3) is 11.0 Å². The highest BCUT2D eigenvalue weighted by atomic mass is 32.2. The largest absolute Gasteiger partial charge is 0.457 e. The number of carbonyl (C=O) groups is 1. The van der Waals surface area contributed by atoms with Crippen molar-refractivity contribution in [1.82, 2.24) is 4.31 Å². The average molecular weight is 485 g/mol. The Kier molecular flexibility index (Phi) is 6.51. The summed E-state index contributed by atoms with van der Waals surface area (Å²) in [5, 5.41) is 0.694. The summed E-state index contributed by atoms with van der Waals surface area (Å²) in [5.74, 6) is -0.650. The molecule has 0 aliphatic carbocycles. The molecule has 0 unspecified atom stereocenters. The Bertz CT molecular complexity index is 1420. The van der Waals surface area contributed by atoms with Crippen LogP contribution in [0.3, 0.4) is 0 Å². The fourth-order valence-corrected chi connectivity index (χ4v) is 5.08. The number of ether oxygens (including phenoxy) is 1. The van der Waals surface area contributed by atoms with Gasteiger partial charge in [-0.1, -0.05) is 12.1 Å². The van der Waals surface area contributed by atoms with Crippen molar-refractivity contribution in [2.24, 2.45) is 0 Å². The van der Waals surface area contributed by atoms with Crippen LogP contribution >= 0.6 is 0 Å². The van der Waals surface area contributed by atoms with Gasteiger partial charge in [-0.05, 0) is 56.0 Å². The Balaban J connectivity index is 1.70. The van der Waals surface area contributed by atoms with E-state index in [4.69, 9.17) is 9.15 Å². The summed E-state index contributed by atoms with van der Waals surface area (Å²) >= 11 is 0. The Morgan fingerprint density at radius 3 is 2.47 bits per heavy atom. The van der Waals surface area contributed by atoms with Crippen LogP contribution < -0.4 is 10.5 Å². The highest BCUT2D eigenvalue weighted by Crippen LogP contribution is 2.30. The lowest BCUT2D eigenvalue weighted by Crippen LogP contribution is -2.24. The molecule has 180 valence electrons. The molecular weight excluding hydrogens is 456 g/mol. The molecular formula is C25H28N2O6S. The average Bonchev–Trinajstić information content (AvgIpc) is 3.34. The number of carbonyl (C=O) groups excluding carboxylic acids is 1. The molecule has 1 aromatic heterocycles. The third-order valence-electron chi connectivity index (χ3n) is 6.29. The lowest BCUT2D eigenvalue weighted by molar-refractivity contribution is 0.0474. The van der Waals surface area contributed by atoms with Crippen molar-refractivity contribution in [2.45, 2.75) is 38.2 Å². The molecule has 8 nitrogen and oxygen atoms in total. The van der Waals surface area contributed by atoms with Crippen LogP contribution in [-0.4, -0.2) is 45.9 Å². The lowest BCUT2D eigenvalue weighted by atomic mass is 10.0. The number of sulfonamides is 1. The van der Waals surface area contributed by atoms with Crippen LogP contribution in [0.5, 0.6) is 0 Å². The van der Waals surface area contributed by atoms with Gasteiger partial charge in [-0.3, -0.25) is 0 Å². The van der Waals surface area contributed by atoms with Gasteiger partial charge in [-0.15, -0.1) is 0 Å². The predicted molar refractivity (Wildman–Crippen MR) is 130 cm³/mol. The van der Waals surface area contributed by atoms with Gasteiger partial charge in [0.15, 0.2) is 0 Å². The van der Waals surface area contributed by atoms with Gasteiger partial charge in [0.25, 0.3) is 0 Å². The first kappa shape index (κ1) is 24.0. The molecule has 0 spiro atoms. The number of aryl methyl sites for hydroxylation is 2. The summed E-state index contributed by atoms with van der Waals surface area (Å²) in [7, 11) is -0.846. The monoisotopic (exact) mass is 484 g/mol. The van der Waals surface area contributed by atoms with Gasteiger partial charge < -0.3 is 14.1 Å². The van der Waals surface area contributed by atoms with Crippen LogP contribution in [0, 0.1) is 13.8 Å². The van der Waals surface area contributed by atoms with Gasteiger partial charge in [0.2, 0.25) is 10.0 Å². The number of hydrogen-bond donors (Lipinski definition) is 0. The molecule has 1 aliphatic heterocycles. The van der Waals surface area contributed by atoms with Crippen molar-refractivity contribution < 1.29 is 22.4 Å². The number of anilines is 1. The Morgan fingerprint density at radius 1 is 1.09 bits per heavy atom. The normalized spacial score (nSPS) is 14.2. The van der Waals surface area contributed by atoms with Crippen LogP contribution in [0.15, 0.2) is 50.5 Å². The van der Waals surface area contributed by atoms with Crippen LogP contribution in [0.2, 0.25) is 0 Å². The third kappa shape index (κ3) is 4.45. The molecule has 0 saturated carbocycles. The first-order valence-electron chi connectivity index (χ1n) is 11.1. The van der Waals surface area contributed by atoms with Crippen LogP contribution in [-0.2, 0) is 21.4 Å². The fraction of sp³-hybridized carbons (Fsp3) is 0.360. The molecule has 9 heteroatoms. The molecule has 0 atom stereocenters. The number of fused-ring (bicyclic) bond motifs is 1. The molecule has 3 aromatic rings. The molecule has 0 bridgehead atoms. The minimum Gasteiger partial charge on any atom is -0.457 e. The number of benzene rings is 2. The maximum atomic E-state index is 13.2. The summed E-state index contributed by atoms with van der Waals surface area (Å²) in [6.07, 6.45) is 1.99. The van der Waals surface area contributed by atoms with Crippen molar-refractivity contribution in [3.8, 4) is 0 Å². The molecule has 2 heterocycles. The second-order valence-corrected chi connectivity index (χ2v) is 10.9. The molecule has 1 saturated heterocycles. The van der Waals surface area contributed by atoms with E-state index in [1.165, 1.54) is 32.3 Å². The first-order valence-corrected chi connectivity index (χ1v) is 12.5. The topological polar surface area (TPSA) is 97.1 Å². The van der Waals surface area contributed by atoms with Crippen molar-refractivity contribution >= 4 is 32.6 Å². The second kappa shape index (κ2) is 9.23. The number of hydrogen-bond acceptors (Lipinski definition) is 7. The van der Waals surface area contributed by atoms with Gasteiger partial charge in [0, 0.05) is 44.2 Å². The molecule has 0 N–H and O–H groups in total. The fourth-order valence-electron chi connectivity index (χ4n) is 4.15. The lowest BCUT2D eigenvalue weighted by Gasteiger charge is -2.22. The quantitative estimate of drug-likeness (QED) is 0.389. The molecule has 4 rings (SSSR count). The first-order chi connectivity index (χ1) is 16.1. The summed E-state index contributed by atoms with van der Waals surface area (Å²) < 4.78 is 37.5. The maximum Gasteiger partial charge on any atom is 0.340 e. The molecule has 0 radical (unpaired) electrons. The third-order valence-corrected chi connectivity index (χ3v) is 8.10. The van der Waals surface area contributed by atoms with E-state index in [1.807, 2.05) is 26.0 Å². The number of nitrogens with zero attached hydrogens (tertiary/aromatic N) is 2. The smallest absolute Gasteiger partial charge is 0.340 e. The van der Waals surface area contributed by atoms with Crippen LogP contribution in [0.1, 0.15) is 39.9 Å². The highest BCUT2D eigenvalue weighted by Gasteiger charge is 2.25. The Morgan fingerprint density at radius 2 is 1.79 bits per heavy atom. The number of rotatable bonds is 6. The van der Waals surface area contributed by atoms with Gasteiger partial charge in [-0.2, -0.15) is 0 Å². The summed E-state index contributed by atoms with van der Waals surface area (Å²) in [5.41, 5.74) is 3.13. The summed E-state index contributed by atoms with van der Waals surface area (Å²) in [4.78, 5) is 27.4. The summed E-state index contributed by atoms with van der Waals surface area (Å²) in [6.45, 7) is 5.21.